The number of fused-ring (bicyclic) bond motifs is 1. The maximum Gasteiger partial charge on any atom is 0.303 e. The van der Waals surface area contributed by atoms with Crippen LogP contribution in [0.1, 0.15) is 28.7 Å². The maximum atomic E-state index is 13.8. The number of guanidine groups is 1. The molecule has 0 bridgehead atoms. The zero-order chi connectivity index (χ0) is 24.9. The quantitative estimate of drug-likeness (QED) is 0.0981. The van der Waals surface area contributed by atoms with Gasteiger partial charge in [0.2, 0.25) is 0 Å². The number of carbonyl (C=O) groups is 2. The summed E-state index contributed by atoms with van der Waals surface area (Å²) in [5, 5.41) is 25.0. The van der Waals surface area contributed by atoms with Gasteiger partial charge in [-0.25, -0.2) is 4.39 Å². The lowest BCUT2D eigenvalue weighted by Gasteiger charge is -2.16. The fraction of sp³-hybridized carbons (Fsp3) is 0.115. The summed E-state index contributed by atoms with van der Waals surface area (Å²) in [6.45, 7) is 0.405. The zero-order valence-electron chi connectivity index (χ0n) is 19.1. The van der Waals surface area contributed by atoms with Crippen LogP contribution >= 0.6 is 24.0 Å². The van der Waals surface area contributed by atoms with Crippen LogP contribution in [0, 0.1) is 11.2 Å². The Balaban J connectivity index is 0.00000361. The molecule has 36 heavy (non-hydrogen) atoms. The van der Waals surface area contributed by atoms with Crippen LogP contribution in [0.4, 0.5) is 15.8 Å². The van der Waals surface area contributed by atoms with E-state index in [4.69, 9.17) is 16.2 Å². The normalized spacial score (nSPS) is 13.2. The van der Waals surface area contributed by atoms with Gasteiger partial charge >= 0.3 is 5.97 Å². The number of benzene rings is 3. The molecule has 1 aliphatic rings. The first kappa shape index (κ1) is 26.7. The molecule has 0 aromatic heterocycles. The summed E-state index contributed by atoms with van der Waals surface area (Å²) in [7, 11) is 0. The number of hydrogen-bond acceptors (Lipinski definition) is 4. The van der Waals surface area contributed by atoms with Gasteiger partial charge in [-0.15, -0.1) is 24.0 Å². The number of nitrogens with one attached hydrogen (secondary N) is 4. The summed E-state index contributed by atoms with van der Waals surface area (Å²) in [5.41, 5.74) is 10.4. The van der Waals surface area contributed by atoms with E-state index in [0.29, 0.717) is 41.1 Å². The number of aryl methyl sites for hydroxylation is 1. The Morgan fingerprint density at radius 2 is 1.69 bits per heavy atom. The highest BCUT2D eigenvalue weighted by Gasteiger charge is 2.28. The van der Waals surface area contributed by atoms with Gasteiger partial charge in [-0.3, -0.25) is 15.0 Å². The molecule has 0 saturated heterocycles. The van der Waals surface area contributed by atoms with Gasteiger partial charge in [0, 0.05) is 24.2 Å². The smallest absolute Gasteiger partial charge is 0.303 e. The lowest BCUT2D eigenvalue weighted by Crippen LogP contribution is -2.29. The average molecular weight is 601 g/mol. The first-order chi connectivity index (χ1) is 16.8. The molecular formula is C26H25FIN5O3. The van der Waals surface area contributed by atoms with E-state index in [-0.39, 0.29) is 42.3 Å². The summed E-state index contributed by atoms with van der Waals surface area (Å²) in [6, 6.07) is 18.9. The van der Waals surface area contributed by atoms with Gasteiger partial charge in [-0.2, -0.15) is 0 Å². The molecule has 1 heterocycles. The van der Waals surface area contributed by atoms with Crippen molar-refractivity contribution in [1.29, 1.82) is 5.41 Å². The van der Waals surface area contributed by atoms with Crippen LogP contribution in [0.2, 0.25) is 0 Å². The van der Waals surface area contributed by atoms with Crippen molar-refractivity contribution in [3.63, 3.8) is 0 Å². The van der Waals surface area contributed by atoms with Gasteiger partial charge in [0.1, 0.15) is 5.82 Å². The first-order valence-electron chi connectivity index (χ1n) is 10.9. The molecule has 4 rings (SSSR count). The lowest BCUT2D eigenvalue weighted by atomic mass is 9.98. The van der Waals surface area contributed by atoms with E-state index in [1.54, 1.807) is 6.07 Å². The fourth-order valence-corrected chi connectivity index (χ4v) is 3.81. The van der Waals surface area contributed by atoms with Crippen molar-refractivity contribution in [3.8, 4) is 0 Å². The predicted molar refractivity (Wildman–Crippen MR) is 148 cm³/mol. The number of aliphatic carboxylic acids is 1. The minimum absolute atomic E-state index is 0. The third-order valence-corrected chi connectivity index (χ3v) is 5.55. The Morgan fingerprint density at radius 1 is 1.03 bits per heavy atom. The molecule has 0 aliphatic carbocycles. The lowest BCUT2D eigenvalue weighted by molar-refractivity contribution is -0.137. The highest BCUT2D eigenvalue weighted by Crippen LogP contribution is 2.38. The highest BCUT2D eigenvalue weighted by molar-refractivity contribution is 14.0. The summed E-state index contributed by atoms with van der Waals surface area (Å²) < 4.78 is 13.8. The largest absolute Gasteiger partial charge is 0.481 e. The number of anilines is 2. The van der Waals surface area contributed by atoms with Gasteiger partial charge in [-0.1, -0.05) is 36.4 Å². The number of rotatable bonds is 8. The fourth-order valence-electron chi connectivity index (χ4n) is 3.81. The van der Waals surface area contributed by atoms with Crippen molar-refractivity contribution in [1.82, 2.24) is 5.32 Å². The van der Waals surface area contributed by atoms with Crippen molar-refractivity contribution in [3.05, 3.63) is 94.8 Å². The van der Waals surface area contributed by atoms with E-state index in [1.807, 2.05) is 48.5 Å². The molecule has 8 nitrogen and oxygen atoms in total. The van der Waals surface area contributed by atoms with Gasteiger partial charge in [0.05, 0.1) is 17.0 Å². The average Bonchev–Trinajstić information content (AvgIpc) is 3.15. The zero-order valence-corrected chi connectivity index (χ0v) is 21.4. The summed E-state index contributed by atoms with van der Waals surface area (Å²) >= 11 is 0. The Bertz CT molecular complexity index is 1320. The van der Waals surface area contributed by atoms with Crippen LogP contribution in [0.3, 0.4) is 0 Å². The summed E-state index contributed by atoms with van der Waals surface area (Å²) in [4.78, 5) is 23.8. The number of carbonyl (C=O) groups excluding carboxylic acids is 1. The van der Waals surface area contributed by atoms with Crippen molar-refractivity contribution >= 4 is 64.5 Å². The molecule has 3 aromatic rings. The summed E-state index contributed by atoms with van der Waals surface area (Å²) in [5.74, 6) is -1.79. The maximum absolute atomic E-state index is 13.8. The molecule has 3 aromatic carbocycles. The van der Waals surface area contributed by atoms with Crippen LogP contribution in [0.25, 0.3) is 11.3 Å². The van der Waals surface area contributed by atoms with E-state index in [9.17, 15) is 14.0 Å². The molecular weight excluding hydrogens is 576 g/mol. The number of nitrogens with two attached hydrogens (primary N) is 1. The third-order valence-electron chi connectivity index (χ3n) is 5.55. The molecule has 7 N–H and O–H groups in total. The number of carboxylic acid groups (broad SMARTS) is 1. The second-order valence-electron chi connectivity index (χ2n) is 8.07. The SMILES string of the molecule is I.N=C(N)NCc1ccc(N/C(=C2\C(=O)Nc3cc(F)ccc32)c2ccc(CCC(=O)O)cc2)cc1. The monoisotopic (exact) mass is 601 g/mol. The van der Waals surface area contributed by atoms with E-state index in [1.165, 1.54) is 12.1 Å². The number of hydrogen-bond donors (Lipinski definition) is 6. The van der Waals surface area contributed by atoms with Gasteiger partial charge in [0.15, 0.2) is 5.96 Å². The summed E-state index contributed by atoms with van der Waals surface area (Å²) in [6.07, 6.45) is 0.422. The third kappa shape index (κ3) is 6.39. The van der Waals surface area contributed by atoms with Crippen LogP contribution in [0.15, 0.2) is 66.7 Å². The van der Waals surface area contributed by atoms with E-state index >= 15 is 0 Å². The van der Waals surface area contributed by atoms with Crippen LogP contribution in [-0.4, -0.2) is 22.9 Å². The molecule has 0 spiro atoms. The van der Waals surface area contributed by atoms with Crippen LogP contribution in [0.5, 0.6) is 0 Å². The molecule has 0 fully saturated rings. The standard InChI is InChI=1S/C26H24FN5O3.HI/c27-18-8-11-20-21(13-18)32-25(35)23(20)24(17-6-1-15(2-7-17)5-12-22(33)34)31-19-9-3-16(4-10-19)14-30-26(28)29;/h1-4,6-11,13,31H,5,12,14H2,(H,32,35)(H,33,34)(H4,28,29,30);1H/b24-23-;. The first-order valence-corrected chi connectivity index (χ1v) is 10.9. The number of carboxylic acids is 1. The molecule has 1 amide bonds. The number of amides is 1. The Hall–Kier alpha value is -3.93. The van der Waals surface area contributed by atoms with Gasteiger partial charge < -0.3 is 26.8 Å². The molecule has 10 heteroatoms. The molecule has 0 atom stereocenters. The molecule has 186 valence electrons. The van der Waals surface area contributed by atoms with E-state index in [0.717, 1.165) is 16.8 Å². The van der Waals surface area contributed by atoms with Gasteiger partial charge in [0.25, 0.3) is 5.91 Å². The topological polar surface area (TPSA) is 140 Å². The minimum Gasteiger partial charge on any atom is -0.481 e. The van der Waals surface area contributed by atoms with Crippen LogP contribution < -0.4 is 21.7 Å². The Morgan fingerprint density at radius 3 is 2.33 bits per heavy atom. The van der Waals surface area contributed by atoms with Crippen molar-refractivity contribution in [2.75, 3.05) is 10.6 Å². The van der Waals surface area contributed by atoms with Crippen molar-refractivity contribution in [2.24, 2.45) is 5.73 Å². The van der Waals surface area contributed by atoms with Gasteiger partial charge in [-0.05, 0) is 53.4 Å². The molecule has 0 saturated carbocycles. The molecule has 0 unspecified atom stereocenters. The Kier molecular flexibility index (Phi) is 8.64. The predicted octanol–water partition coefficient (Wildman–Crippen LogP) is 4.38. The second kappa shape index (κ2) is 11.7. The Labute approximate surface area is 224 Å². The molecule has 1 aliphatic heterocycles. The highest BCUT2D eigenvalue weighted by atomic mass is 127. The number of halogens is 2. The minimum atomic E-state index is -0.869. The molecule has 0 radical (unpaired) electrons. The second-order valence-corrected chi connectivity index (χ2v) is 8.07. The van der Waals surface area contributed by atoms with Crippen molar-refractivity contribution < 1.29 is 19.1 Å². The van der Waals surface area contributed by atoms with E-state index in [2.05, 4.69) is 16.0 Å². The van der Waals surface area contributed by atoms with Crippen molar-refractivity contribution in [2.45, 2.75) is 19.4 Å². The van der Waals surface area contributed by atoms with E-state index < -0.39 is 11.8 Å². The van der Waals surface area contributed by atoms with Crippen LogP contribution in [-0.2, 0) is 22.6 Å².